The maximum Gasteiger partial charge on any atom is 0.293 e. The Kier molecular flexibility index (Phi) is 5.75. The van der Waals surface area contributed by atoms with Crippen LogP contribution in [0, 0.1) is 10.1 Å². The molecule has 2 aliphatic rings. The van der Waals surface area contributed by atoms with Crippen LogP contribution in [0.15, 0.2) is 41.5 Å². The highest BCUT2D eigenvalue weighted by Crippen LogP contribution is 2.32. The molecular formula is C20H20N4O6. The Morgan fingerprint density at radius 2 is 1.97 bits per heavy atom. The summed E-state index contributed by atoms with van der Waals surface area (Å²) in [5.41, 5.74) is 4.25. The number of nitrogens with one attached hydrogen (secondary N) is 1. The molecule has 4 rings (SSSR count). The van der Waals surface area contributed by atoms with Gasteiger partial charge in [-0.15, -0.1) is 0 Å². The summed E-state index contributed by atoms with van der Waals surface area (Å²) in [4.78, 5) is 25.1. The normalized spacial score (nSPS) is 15.4. The minimum atomic E-state index is -0.416. The van der Waals surface area contributed by atoms with Gasteiger partial charge in [-0.1, -0.05) is 12.1 Å². The molecule has 2 aliphatic heterocycles. The fourth-order valence-corrected chi connectivity index (χ4v) is 3.29. The third-order valence-electron chi connectivity index (χ3n) is 4.75. The fraction of sp³-hybridized carbons (Fsp3) is 0.300. The van der Waals surface area contributed by atoms with E-state index < -0.39 is 4.92 Å². The number of nitrogens with zero attached hydrogens (tertiary/aromatic N) is 3. The second kappa shape index (κ2) is 8.78. The topological polar surface area (TPSA) is 116 Å². The molecule has 10 heteroatoms. The predicted octanol–water partition coefficient (Wildman–Crippen LogP) is 1.85. The highest BCUT2D eigenvalue weighted by molar-refractivity contribution is 5.85. The molecule has 0 aromatic heterocycles. The van der Waals surface area contributed by atoms with E-state index >= 15 is 0 Å². The molecule has 30 heavy (non-hydrogen) atoms. The number of benzene rings is 2. The number of nitro groups is 1. The van der Waals surface area contributed by atoms with Crippen molar-refractivity contribution in [2.75, 3.05) is 38.0 Å². The van der Waals surface area contributed by atoms with Crippen molar-refractivity contribution in [3.05, 3.63) is 57.6 Å². The smallest absolute Gasteiger partial charge is 0.293 e. The van der Waals surface area contributed by atoms with Crippen molar-refractivity contribution in [2.45, 2.75) is 6.42 Å². The molecule has 0 aliphatic carbocycles. The summed E-state index contributed by atoms with van der Waals surface area (Å²) in [6, 6.07) is 10.1. The molecule has 1 N–H and O–H groups in total. The number of morpholine rings is 1. The Hall–Kier alpha value is -3.66. The third-order valence-corrected chi connectivity index (χ3v) is 4.75. The summed E-state index contributed by atoms with van der Waals surface area (Å²) < 4.78 is 15.8. The average Bonchev–Trinajstić information content (AvgIpc) is 3.22. The number of hydrogen-bond donors (Lipinski definition) is 1. The standard InChI is InChI=1S/C20H20N4O6/c25-20(11-14-2-4-18-19(10-14)30-13-29-18)22-21-12-15-1-3-16(17(9-15)24(26)27)23-5-7-28-8-6-23/h1-4,9-10,12H,5-8,11,13H2,(H,22,25)/b21-12-. The van der Waals surface area contributed by atoms with Crippen LogP contribution in [-0.4, -0.2) is 50.1 Å². The van der Waals surface area contributed by atoms with E-state index in [1.54, 1.807) is 30.3 Å². The van der Waals surface area contributed by atoms with Gasteiger partial charge in [-0.2, -0.15) is 5.10 Å². The van der Waals surface area contributed by atoms with E-state index in [1.165, 1.54) is 12.3 Å². The Labute approximate surface area is 172 Å². The van der Waals surface area contributed by atoms with Crippen LogP contribution in [0.4, 0.5) is 11.4 Å². The van der Waals surface area contributed by atoms with Gasteiger partial charge in [0, 0.05) is 24.7 Å². The van der Waals surface area contributed by atoms with Gasteiger partial charge in [0.05, 0.1) is 30.8 Å². The molecule has 0 unspecified atom stereocenters. The average molecular weight is 412 g/mol. The van der Waals surface area contributed by atoms with Crippen LogP contribution in [0.2, 0.25) is 0 Å². The molecule has 1 saturated heterocycles. The fourth-order valence-electron chi connectivity index (χ4n) is 3.29. The lowest BCUT2D eigenvalue weighted by Gasteiger charge is -2.28. The van der Waals surface area contributed by atoms with Crippen molar-refractivity contribution in [3.63, 3.8) is 0 Å². The van der Waals surface area contributed by atoms with Crippen LogP contribution < -0.4 is 19.8 Å². The molecular weight excluding hydrogens is 392 g/mol. The van der Waals surface area contributed by atoms with Crippen molar-refractivity contribution in [2.24, 2.45) is 5.10 Å². The molecule has 0 bridgehead atoms. The first kappa shape index (κ1) is 19.6. The van der Waals surface area contributed by atoms with Crippen LogP contribution in [0.1, 0.15) is 11.1 Å². The molecule has 0 radical (unpaired) electrons. The first-order chi connectivity index (χ1) is 14.6. The number of amides is 1. The first-order valence-electron chi connectivity index (χ1n) is 9.42. The lowest BCUT2D eigenvalue weighted by molar-refractivity contribution is -0.384. The molecule has 2 aromatic rings. The van der Waals surface area contributed by atoms with Crippen molar-refractivity contribution >= 4 is 23.5 Å². The Morgan fingerprint density at radius 1 is 1.17 bits per heavy atom. The maximum atomic E-state index is 12.1. The van der Waals surface area contributed by atoms with E-state index in [2.05, 4.69) is 10.5 Å². The Morgan fingerprint density at radius 3 is 2.77 bits per heavy atom. The quantitative estimate of drug-likeness (QED) is 0.437. The van der Waals surface area contributed by atoms with E-state index in [0.29, 0.717) is 49.1 Å². The molecule has 2 aromatic carbocycles. The molecule has 0 spiro atoms. The predicted molar refractivity (Wildman–Crippen MR) is 108 cm³/mol. The van der Waals surface area contributed by atoms with Gasteiger partial charge >= 0.3 is 0 Å². The molecule has 10 nitrogen and oxygen atoms in total. The number of carbonyl (C=O) groups excluding carboxylic acids is 1. The summed E-state index contributed by atoms with van der Waals surface area (Å²) in [7, 11) is 0. The number of anilines is 1. The number of ether oxygens (including phenoxy) is 3. The Bertz CT molecular complexity index is 987. The summed E-state index contributed by atoms with van der Waals surface area (Å²) in [5.74, 6) is 0.945. The summed E-state index contributed by atoms with van der Waals surface area (Å²) in [6.45, 7) is 2.45. The summed E-state index contributed by atoms with van der Waals surface area (Å²) in [5, 5.41) is 15.4. The van der Waals surface area contributed by atoms with Crippen LogP contribution in [0.3, 0.4) is 0 Å². The SMILES string of the molecule is O=C(Cc1ccc2c(c1)OCO2)N/N=C\c1ccc(N2CCOCC2)c([N+](=O)[O-])c1. The van der Waals surface area contributed by atoms with Gasteiger partial charge < -0.3 is 19.1 Å². The minimum absolute atomic E-state index is 0.00691. The number of nitro benzene ring substituents is 1. The van der Waals surface area contributed by atoms with Crippen molar-refractivity contribution in [1.82, 2.24) is 5.43 Å². The van der Waals surface area contributed by atoms with Gasteiger partial charge in [0.25, 0.3) is 5.69 Å². The van der Waals surface area contributed by atoms with Gasteiger partial charge in [-0.3, -0.25) is 14.9 Å². The van der Waals surface area contributed by atoms with E-state index in [4.69, 9.17) is 14.2 Å². The summed E-state index contributed by atoms with van der Waals surface area (Å²) >= 11 is 0. The second-order valence-electron chi connectivity index (χ2n) is 6.76. The zero-order chi connectivity index (χ0) is 20.9. The van der Waals surface area contributed by atoms with Crippen molar-refractivity contribution < 1.29 is 23.9 Å². The van der Waals surface area contributed by atoms with Gasteiger partial charge in [-0.05, 0) is 23.8 Å². The van der Waals surface area contributed by atoms with Gasteiger partial charge in [0.2, 0.25) is 12.7 Å². The largest absolute Gasteiger partial charge is 0.454 e. The van der Waals surface area contributed by atoms with E-state index in [1.807, 2.05) is 4.90 Å². The highest BCUT2D eigenvalue weighted by atomic mass is 16.7. The van der Waals surface area contributed by atoms with Crippen molar-refractivity contribution in [3.8, 4) is 11.5 Å². The number of hydrazone groups is 1. The minimum Gasteiger partial charge on any atom is -0.454 e. The maximum absolute atomic E-state index is 12.1. The molecule has 2 heterocycles. The zero-order valence-corrected chi connectivity index (χ0v) is 16.1. The lowest BCUT2D eigenvalue weighted by atomic mass is 10.1. The monoisotopic (exact) mass is 412 g/mol. The van der Waals surface area contributed by atoms with Gasteiger partial charge in [0.15, 0.2) is 11.5 Å². The number of carbonyl (C=O) groups is 1. The number of hydrogen-bond acceptors (Lipinski definition) is 8. The third kappa shape index (κ3) is 4.49. The molecule has 0 atom stereocenters. The Balaban J connectivity index is 1.39. The van der Waals surface area contributed by atoms with Crippen molar-refractivity contribution in [1.29, 1.82) is 0 Å². The van der Waals surface area contributed by atoms with Crippen LogP contribution in [-0.2, 0) is 16.0 Å². The van der Waals surface area contributed by atoms with Crippen LogP contribution in [0.5, 0.6) is 11.5 Å². The van der Waals surface area contributed by atoms with Crippen LogP contribution in [0.25, 0.3) is 0 Å². The van der Waals surface area contributed by atoms with E-state index in [9.17, 15) is 14.9 Å². The molecule has 1 amide bonds. The second-order valence-corrected chi connectivity index (χ2v) is 6.76. The van der Waals surface area contributed by atoms with E-state index in [0.717, 1.165) is 5.56 Å². The van der Waals surface area contributed by atoms with Gasteiger partial charge in [0.1, 0.15) is 5.69 Å². The van der Waals surface area contributed by atoms with Crippen LogP contribution >= 0.6 is 0 Å². The first-order valence-corrected chi connectivity index (χ1v) is 9.42. The highest BCUT2D eigenvalue weighted by Gasteiger charge is 2.21. The number of rotatable bonds is 6. The molecule has 156 valence electrons. The molecule has 1 fully saturated rings. The zero-order valence-electron chi connectivity index (χ0n) is 16.1. The lowest BCUT2D eigenvalue weighted by Crippen LogP contribution is -2.36. The van der Waals surface area contributed by atoms with Gasteiger partial charge in [-0.25, -0.2) is 5.43 Å². The summed E-state index contributed by atoms with van der Waals surface area (Å²) in [6.07, 6.45) is 1.50. The van der Waals surface area contributed by atoms with E-state index in [-0.39, 0.29) is 24.8 Å². The number of fused-ring (bicyclic) bond motifs is 1. The molecule has 0 saturated carbocycles.